The summed E-state index contributed by atoms with van der Waals surface area (Å²) in [6.45, 7) is 4.19. The van der Waals surface area contributed by atoms with Crippen molar-refractivity contribution in [2.75, 3.05) is 26.2 Å². The molecule has 138 valence electrons. The highest BCUT2D eigenvalue weighted by molar-refractivity contribution is 5.98. The number of morpholine rings is 1. The molecule has 4 rings (SSSR count). The minimum absolute atomic E-state index is 0.0421. The molecule has 0 radical (unpaired) electrons. The summed E-state index contributed by atoms with van der Waals surface area (Å²) in [5, 5.41) is 5.26. The van der Waals surface area contributed by atoms with Gasteiger partial charge in [0.1, 0.15) is 25.7 Å². The van der Waals surface area contributed by atoms with Crippen molar-refractivity contribution in [3.63, 3.8) is 0 Å². The average molecular weight is 361 g/mol. The lowest BCUT2D eigenvalue weighted by molar-refractivity contribution is -0.925. The molecule has 2 N–H and O–H groups in total. The number of ether oxygens (including phenoxy) is 1. The molecule has 1 aliphatic rings. The monoisotopic (exact) mass is 361 g/mol. The Morgan fingerprint density at radius 2 is 1.78 bits per heavy atom. The summed E-state index contributed by atoms with van der Waals surface area (Å²) < 4.78 is 5.87. The molecule has 1 saturated heterocycles. The third-order valence-electron chi connectivity index (χ3n) is 5.12. The zero-order valence-electron chi connectivity index (χ0n) is 15.4. The van der Waals surface area contributed by atoms with Crippen LogP contribution in [-0.2, 0) is 11.3 Å². The van der Waals surface area contributed by atoms with Crippen LogP contribution >= 0.6 is 0 Å². The molecule has 1 fully saturated rings. The Labute approximate surface area is 159 Å². The van der Waals surface area contributed by atoms with E-state index in [1.165, 1.54) is 10.5 Å². The Kier molecular flexibility index (Phi) is 5.47. The molecule has 0 saturated carbocycles. The van der Waals surface area contributed by atoms with E-state index in [0.29, 0.717) is 12.1 Å². The van der Waals surface area contributed by atoms with E-state index in [1.807, 2.05) is 42.5 Å². The Morgan fingerprint density at radius 1 is 1.00 bits per heavy atom. The fourth-order valence-electron chi connectivity index (χ4n) is 3.67. The molecular formula is C23H25N2O2+. The van der Waals surface area contributed by atoms with E-state index in [9.17, 15) is 4.79 Å². The van der Waals surface area contributed by atoms with Crippen molar-refractivity contribution >= 4 is 16.7 Å². The highest BCUT2D eigenvalue weighted by atomic mass is 16.5. The summed E-state index contributed by atoms with van der Waals surface area (Å²) in [4.78, 5) is 14.0. The fourth-order valence-corrected chi connectivity index (χ4v) is 3.67. The Morgan fingerprint density at radius 3 is 2.63 bits per heavy atom. The number of rotatable bonds is 5. The van der Waals surface area contributed by atoms with Crippen LogP contribution in [0.1, 0.15) is 15.9 Å². The van der Waals surface area contributed by atoms with Crippen molar-refractivity contribution in [1.29, 1.82) is 0 Å². The average Bonchev–Trinajstić information content (AvgIpc) is 2.73. The van der Waals surface area contributed by atoms with E-state index >= 15 is 0 Å². The third-order valence-corrected chi connectivity index (χ3v) is 5.12. The Bertz CT molecular complexity index is 910. The lowest BCUT2D eigenvalue weighted by atomic mass is 10.1. The predicted molar refractivity (Wildman–Crippen MR) is 107 cm³/mol. The van der Waals surface area contributed by atoms with Gasteiger partial charge in [-0.15, -0.1) is 0 Å². The number of hydrogen-bond donors (Lipinski definition) is 2. The van der Waals surface area contributed by atoms with Gasteiger partial charge in [-0.2, -0.15) is 0 Å². The number of quaternary nitrogens is 1. The molecule has 0 aromatic heterocycles. The number of nitrogens with one attached hydrogen (secondary N) is 2. The van der Waals surface area contributed by atoms with Gasteiger partial charge in [-0.3, -0.25) is 4.79 Å². The smallest absolute Gasteiger partial charge is 0.251 e. The van der Waals surface area contributed by atoms with Crippen LogP contribution in [0, 0.1) is 0 Å². The van der Waals surface area contributed by atoms with Crippen LogP contribution in [0.5, 0.6) is 0 Å². The number of benzene rings is 3. The van der Waals surface area contributed by atoms with Gasteiger partial charge >= 0.3 is 0 Å². The van der Waals surface area contributed by atoms with Crippen LogP contribution in [-0.4, -0.2) is 38.3 Å². The highest BCUT2D eigenvalue weighted by Crippen LogP contribution is 2.15. The van der Waals surface area contributed by atoms with Gasteiger partial charge in [0.15, 0.2) is 0 Å². The van der Waals surface area contributed by atoms with Crippen LogP contribution in [0.4, 0.5) is 0 Å². The first-order valence-electron chi connectivity index (χ1n) is 9.54. The van der Waals surface area contributed by atoms with Crippen molar-refractivity contribution < 1.29 is 14.4 Å². The lowest BCUT2D eigenvalue weighted by Crippen LogP contribution is -3.13. The molecule has 1 heterocycles. The first-order valence-corrected chi connectivity index (χ1v) is 9.54. The Balaban J connectivity index is 1.32. The third kappa shape index (κ3) is 4.54. The van der Waals surface area contributed by atoms with Crippen molar-refractivity contribution in [2.45, 2.75) is 12.6 Å². The molecule has 0 aliphatic carbocycles. The first kappa shape index (κ1) is 17.7. The molecule has 1 amide bonds. The van der Waals surface area contributed by atoms with E-state index in [4.69, 9.17) is 4.74 Å². The van der Waals surface area contributed by atoms with Crippen LogP contribution in [0.25, 0.3) is 10.8 Å². The summed E-state index contributed by atoms with van der Waals surface area (Å²) in [5.41, 5.74) is 2.03. The maximum absolute atomic E-state index is 12.5. The molecule has 4 heteroatoms. The zero-order chi connectivity index (χ0) is 18.5. The highest BCUT2D eigenvalue weighted by Gasteiger charge is 2.24. The van der Waals surface area contributed by atoms with Crippen LogP contribution < -0.4 is 10.2 Å². The van der Waals surface area contributed by atoms with Crippen molar-refractivity contribution in [3.05, 3.63) is 83.9 Å². The Hall–Kier alpha value is -2.69. The molecule has 3 aromatic rings. The molecule has 0 bridgehead atoms. The van der Waals surface area contributed by atoms with Crippen LogP contribution in [0.15, 0.2) is 72.8 Å². The van der Waals surface area contributed by atoms with E-state index in [-0.39, 0.29) is 12.0 Å². The lowest BCUT2D eigenvalue weighted by Gasteiger charge is -2.30. The van der Waals surface area contributed by atoms with Gasteiger partial charge in [-0.1, -0.05) is 60.7 Å². The number of fused-ring (bicyclic) bond motifs is 1. The maximum atomic E-state index is 12.5. The predicted octanol–water partition coefficient (Wildman–Crippen LogP) is 2.05. The van der Waals surface area contributed by atoms with E-state index in [2.05, 4.69) is 35.6 Å². The van der Waals surface area contributed by atoms with Gasteiger partial charge in [0.25, 0.3) is 5.91 Å². The van der Waals surface area contributed by atoms with Gasteiger partial charge in [-0.05, 0) is 22.9 Å². The van der Waals surface area contributed by atoms with Crippen molar-refractivity contribution in [2.24, 2.45) is 0 Å². The molecule has 4 nitrogen and oxygen atoms in total. The number of amides is 1. The minimum Gasteiger partial charge on any atom is -0.365 e. The number of hydrogen-bond acceptors (Lipinski definition) is 2. The van der Waals surface area contributed by atoms with Gasteiger partial charge in [0.2, 0.25) is 0 Å². The van der Waals surface area contributed by atoms with Gasteiger partial charge in [-0.25, -0.2) is 0 Å². The van der Waals surface area contributed by atoms with Crippen molar-refractivity contribution in [3.8, 4) is 0 Å². The molecule has 0 spiro atoms. The topological polar surface area (TPSA) is 42.8 Å². The summed E-state index contributed by atoms with van der Waals surface area (Å²) in [6, 6.07) is 24.4. The first-order chi connectivity index (χ1) is 13.3. The quantitative estimate of drug-likeness (QED) is 0.731. The maximum Gasteiger partial charge on any atom is 0.251 e. The van der Waals surface area contributed by atoms with Gasteiger partial charge in [0, 0.05) is 17.7 Å². The second kappa shape index (κ2) is 8.33. The fraction of sp³-hybridized carbons (Fsp3) is 0.261. The van der Waals surface area contributed by atoms with Gasteiger partial charge < -0.3 is 15.0 Å². The van der Waals surface area contributed by atoms with Crippen LogP contribution in [0.2, 0.25) is 0 Å². The van der Waals surface area contributed by atoms with E-state index in [1.54, 1.807) is 0 Å². The summed E-state index contributed by atoms with van der Waals surface area (Å²) in [7, 11) is 0. The zero-order valence-corrected chi connectivity index (χ0v) is 15.4. The molecule has 27 heavy (non-hydrogen) atoms. The summed E-state index contributed by atoms with van der Waals surface area (Å²) >= 11 is 0. The largest absolute Gasteiger partial charge is 0.365 e. The molecule has 1 aliphatic heterocycles. The molecule has 3 aromatic carbocycles. The standard InChI is InChI=1S/C23H24N2O2/c26-23(21-11-10-19-8-4-5-9-20(19)14-21)24-15-22-17-25(12-13-27-22)16-18-6-2-1-3-7-18/h1-11,14,22H,12-13,15-17H2,(H,24,26)/p+1/t22-/m1/s1. The summed E-state index contributed by atoms with van der Waals surface area (Å²) in [5.74, 6) is -0.0421. The second-order valence-electron chi connectivity index (χ2n) is 7.13. The number of carbonyl (C=O) groups excluding carboxylic acids is 1. The van der Waals surface area contributed by atoms with Crippen molar-refractivity contribution in [1.82, 2.24) is 5.32 Å². The number of carbonyl (C=O) groups is 1. The van der Waals surface area contributed by atoms with Crippen LogP contribution in [0.3, 0.4) is 0 Å². The van der Waals surface area contributed by atoms with E-state index < -0.39 is 0 Å². The molecule has 2 atom stereocenters. The van der Waals surface area contributed by atoms with Gasteiger partial charge in [0.05, 0.1) is 6.61 Å². The normalized spacial score (nSPS) is 19.7. The SMILES string of the molecule is O=C(NC[C@@H]1C[NH+](Cc2ccccc2)CCO1)c1ccc2ccccc2c1. The molecule has 1 unspecified atom stereocenters. The minimum atomic E-state index is -0.0421. The second-order valence-corrected chi connectivity index (χ2v) is 7.13. The van der Waals surface area contributed by atoms with E-state index in [0.717, 1.165) is 37.0 Å². The molecular weight excluding hydrogens is 336 g/mol. The summed E-state index contributed by atoms with van der Waals surface area (Å²) in [6.07, 6.45) is 0.0573.